The highest BCUT2D eigenvalue weighted by Gasteiger charge is 2.19. The minimum absolute atomic E-state index is 0.175. The predicted molar refractivity (Wildman–Crippen MR) is 70.1 cm³/mol. The van der Waals surface area contributed by atoms with E-state index in [-0.39, 0.29) is 11.5 Å². The Bertz CT molecular complexity index is 518. The van der Waals surface area contributed by atoms with Gasteiger partial charge in [0.05, 0.1) is 11.5 Å². The molecule has 0 radical (unpaired) electrons. The van der Waals surface area contributed by atoms with Crippen molar-refractivity contribution in [1.82, 2.24) is 9.29 Å². The third kappa shape index (κ3) is 3.56. The zero-order valence-electron chi connectivity index (χ0n) is 11.0. The van der Waals surface area contributed by atoms with E-state index >= 15 is 0 Å². The lowest BCUT2D eigenvalue weighted by Gasteiger charge is -2.08. The monoisotopic (exact) mass is 288 g/mol. The summed E-state index contributed by atoms with van der Waals surface area (Å²) in [6.45, 7) is 1.74. The lowest BCUT2D eigenvalue weighted by Crippen LogP contribution is -2.26. The smallest absolute Gasteiger partial charge is 0.242 e. The zero-order chi connectivity index (χ0) is 13.9. The second-order valence-electron chi connectivity index (χ2n) is 4.85. The minimum atomic E-state index is -3.49. The Labute approximate surface area is 113 Å². The van der Waals surface area contributed by atoms with Crippen LogP contribution in [0.15, 0.2) is 17.2 Å². The van der Waals surface area contributed by atoms with Gasteiger partial charge < -0.3 is 14.4 Å². The highest BCUT2D eigenvalue weighted by molar-refractivity contribution is 7.89. The molecule has 6 nitrogen and oxygen atoms in total. The highest BCUT2D eigenvalue weighted by Crippen LogP contribution is 2.17. The zero-order valence-corrected chi connectivity index (χ0v) is 11.8. The summed E-state index contributed by atoms with van der Waals surface area (Å²) in [4.78, 5) is 0.196. The maximum Gasteiger partial charge on any atom is 0.242 e. The molecular formula is C12H20N2O4S. The van der Waals surface area contributed by atoms with Crippen LogP contribution in [-0.2, 0) is 28.4 Å². The molecule has 1 aromatic rings. The Morgan fingerprint density at radius 1 is 1.58 bits per heavy atom. The lowest BCUT2D eigenvalue weighted by molar-refractivity contribution is 0.184. The highest BCUT2D eigenvalue weighted by atomic mass is 32.2. The second kappa shape index (κ2) is 6.04. The van der Waals surface area contributed by atoms with Gasteiger partial charge in [0.25, 0.3) is 0 Å². The van der Waals surface area contributed by atoms with Gasteiger partial charge in [0, 0.05) is 38.7 Å². The number of aromatic nitrogens is 1. The Balaban J connectivity index is 1.93. The molecule has 0 amide bonds. The number of aliphatic hydroxyl groups excluding tert-OH is 1. The van der Waals surface area contributed by atoms with Crippen molar-refractivity contribution in [1.29, 1.82) is 0 Å². The summed E-state index contributed by atoms with van der Waals surface area (Å²) < 4.78 is 33.5. The number of aryl methyl sites for hydroxylation is 1. The number of sulfonamides is 1. The molecule has 2 N–H and O–H groups in total. The van der Waals surface area contributed by atoms with Gasteiger partial charge in [0.15, 0.2) is 0 Å². The SMILES string of the molecule is Cn1cc(S(=O)(=O)NCCC2CCOC2)cc1CO. The minimum Gasteiger partial charge on any atom is -0.390 e. The summed E-state index contributed by atoms with van der Waals surface area (Å²) in [5.74, 6) is 0.450. The molecule has 19 heavy (non-hydrogen) atoms. The summed E-state index contributed by atoms with van der Waals surface area (Å²) in [6, 6.07) is 1.49. The molecule has 1 atom stereocenters. The molecule has 1 aliphatic rings. The van der Waals surface area contributed by atoms with E-state index < -0.39 is 10.0 Å². The first-order valence-corrected chi connectivity index (χ1v) is 7.85. The van der Waals surface area contributed by atoms with Crippen LogP contribution in [0.5, 0.6) is 0 Å². The summed E-state index contributed by atoms with van der Waals surface area (Å²) >= 11 is 0. The first-order valence-electron chi connectivity index (χ1n) is 6.36. The molecule has 7 heteroatoms. The molecule has 1 saturated heterocycles. The standard InChI is InChI=1S/C12H20N2O4S/c1-14-7-12(6-11(14)8-15)19(16,17)13-4-2-10-3-5-18-9-10/h6-7,10,13,15H,2-5,8-9H2,1H3. The Morgan fingerprint density at radius 3 is 2.95 bits per heavy atom. The average Bonchev–Trinajstić information content (AvgIpc) is 2.98. The summed E-state index contributed by atoms with van der Waals surface area (Å²) in [7, 11) is -1.78. The largest absolute Gasteiger partial charge is 0.390 e. The van der Waals surface area contributed by atoms with Crippen molar-refractivity contribution in [3.05, 3.63) is 18.0 Å². The molecule has 0 saturated carbocycles. The van der Waals surface area contributed by atoms with Gasteiger partial charge in [-0.25, -0.2) is 13.1 Å². The van der Waals surface area contributed by atoms with Crippen LogP contribution in [-0.4, -0.2) is 37.8 Å². The van der Waals surface area contributed by atoms with E-state index in [1.54, 1.807) is 11.6 Å². The quantitative estimate of drug-likeness (QED) is 0.785. The molecule has 0 aromatic carbocycles. The lowest BCUT2D eigenvalue weighted by atomic mass is 10.1. The Hall–Kier alpha value is -0.890. The molecule has 1 aromatic heterocycles. The van der Waals surface area contributed by atoms with E-state index in [0.717, 1.165) is 26.1 Å². The van der Waals surface area contributed by atoms with Gasteiger partial charge in [0.2, 0.25) is 10.0 Å². The number of hydrogen-bond donors (Lipinski definition) is 2. The van der Waals surface area contributed by atoms with Gasteiger partial charge in [0.1, 0.15) is 0 Å². The number of aliphatic hydroxyl groups is 1. The fourth-order valence-corrected chi connectivity index (χ4v) is 3.31. The van der Waals surface area contributed by atoms with Crippen molar-refractivity contribution in [2.24, 2.45) is 13.0 Å². The van der Waals surface area contributed by atoms with Gasteiger partial charge in [-0.05, 0) is 24.8 Å². The maximum atomic E-state index is 12.1. The van der Waals surface area contributed by atoms with Gasteiger partial charge in [-0.15, -0.1) is 0 Å². The van der Waals surface area contributed by atoms with Crippen molar-refractivity contribution in [2.75, 3.05) is 19.8 Å². The van der Waals surface area contributed by atoms with Crippen LogP contribution >= 0.6 is 0 Å². The summed E-state index contributed by atoms with van der Waals surface area (Å²) in [5, 5.41) is 9.07. The predicted octanol–water partition coefficient (Wildman–Crippen LogP) is 0.222. The molecular weight excluding hydrogens is 268 g/mol. The average molecular weight is 288 g/mol. The van der Waals surface area contributed by atoms with Crippen molar-refractivity contribution in [3.8, 4) is 0 Å². The number of rotatable bonds is 6. The normalized spacial score (nSPS) is 20.0. The number of nitrogens with one attached hydrogen (secondary N) is 1. The van der Waals surface area contributed by atoms with Crippen molar-refractivity contribution < 1.29 is 18.3 Å². The van der Waals surface area contributed by atoms with Crippen molar-refractivity contribution >= 4 is 10.0 Å². The van der Waals surface area contributed by atoms with Crippen molar-refractivity contribution in [3.63, 3.8) is 0 Å². The van der Waals surface area contributed by atoms with Crippen LogP contribution in [0.1, 0.15) is 18.5 Å². The molecule has 2 rings (SSSR count). The molecule has 108 valence electrons. The van der Waals surface area contributed by atoms with Crippen molar-refractivity contribution in [2.45, 2.75) is 24.3 Å². The van der Waals surface area contributed by atoms with Gasteiger partial charge >= 0.3 is 0 Å². The third-order valence-electron chi connectivity index (χ3n) is 3.42. The second-order valence-corrected chi connectivity index (χ2v) is 6.62. The van der Waals surface area contributed by atoms with Crippen LogP contribution in [0.4, 0.5) is 0 Å². The third-order valence-corrected chi connectivity index (χ3v) is 4.85. The number of hydrogen-bond acceptors (Lipinski definition) is 4. The first kappa shape index (κ1) is 14.5. The molecule has 0 bridgehead atoms. The molecule has 1 aliphatic heterocycles. The molecule has 1 unspecified atom stereocenters. The number of nitrogens with zero attached hydrogens (tertiary/aromatic N) is 1. The van der Waals surface area contributed by atoms with E-state index in [4.69, 9.17) is 9.84 Å². The molecule has 0 spiro atoms. The van der Waals surface area contributed by atoms with Crippen LogP contribution in [0.25, 0.3) is 0 Å². The van der Waals surface area contributed by atoms with E-state index in [2.05, 4.69) is 4.72 Å². The van der Waals surface area contributed by atoms with Gasteiger partial charge in [-0.2, -0.15) is 0 Å². The van der Waals surface area contributed by atoms with Crippen LogP contribution in [0, 0.1) is 5.92 Å². The topological polar surface area (TPSA) is 80.6 Å². The fourth-order valence-electron chi connectivity index (χ4n) is 2.17. The van der Waals surface area contributed by atoms with Crippen LogP contribution in [0.2, 0.25) is 0 Å². The van der Waals surface area contributed by atoms with Gasteiger partial charge in [-0.3, -0.25) is 0 Å². The van der Waals surface area contributed by atoms with Crippen LogP contribution < -0.4 is 4.72 Å². The Morgan fingerprint density at radius 2 is 2.37 bits per heavy atom. The van der Waals surface area contributed by atoms with E-state index in [9.17, 15) is 8.42 Å². The molecule has 2 heterocycles. The number of ether oxygens (including phenoxy) is 1. The van der Waals surface area contributed by atoms with Gasteiger partial charge in [-0.1, -0.05) is 0 Å². The van der Waals surface area contributed by atoms with E-state index in [1.807, 2.05) is 0 Å². The Kier molecular flexibility index (Phi) is 4.62. The fraction of sp³-hybridized carbons (Fsp3) is 0.667. The first-order chi connectivity index (χ1) is 9.03. The van der Waals surface area contributed by atoms with Crippen LogP contribution in [0.3, 0.4) is 0 Å². The molecule has 1 fully saturated rings. The van der Waals surface area contributed by atoms with E-state index in [1.165, 1.54) is 12.3 Å². The maximum absolute atomic E-state index is 12.1. The summed E-state index contributed by atoms with van der Waals surface area (Å²) in [5.41, 5.74) is 0.574. The molecule has 0 aliphatic carbocycles. The summed E-state index contributed by atoms with van der Waals surface area (Å²) in [6.07, 6.45) is 3.30. The van der Waals surface area contributed by atoms with E-state index in [0.29, 0.717) is 18.2 Å².